The maximum Gasteiger partial charge on any atom is 0.410 e. The summed E-state index contributed by atoms with van der Waals surface area (Å²) in [6.45, 7) is 3.04. The van der Waals surface area contributed by atoms with Crippen molar-refractivity contribution in [2.45, 2.75) is 19.9 Å². The van der Waals surface area contributed by atoms with Gasteiger partial charge in [-0.3, -0.25) is 9.78 Å². The Labute approximate surface area is 105 Å². The van der Waals surface area contributed by atoms with E-state index in [4.69, 9.17) is 10.5 Å². The van der Waals surface area contributed by atoms with Crippen molar-refractivity contribution in [3.05, 3.63) is 29.1 Å². The van der Waals surface area contributed by atoms with Gasteiger partial charge in [0.25, 0.3) is 5.91 Å². The van der Waals surface area contributed by atoms with Crippen LogP contribution in [-0.4, -0.2) is 35.0 Å². The van der Waals surface area contributed by atoms with Crippen LogP contribution in [-0.2, 0) is 17.7 Å². The molecule has 6 heteroatoms. The molecule has 0 bridgehead atoms. The number of carbonyl (C=O) groups is 2. The van der Waals surface area contributed by atoms with Crippen LogP contribution in [0.4, 0.5) is 4.79 Å². The summed E-state index contributed by atoms with van der Waals surface area (Å²) in [6, 6.07) is 0. The number of primary amides is 1. The number of aromatic nitrogens is 1. The predicted octanol–water partition coefficient (Wildman–Crippen LogP) is 0.695. The molecule has 0 saturated heterocycles. The predicted molar refractivity (Wildman–Crippen MR) is 63.9 cm³/mol. The van der Waals surface area contributed by atoms with Gasteiger partial charge in [0.05, 0.1) is 18.7 Å². The molecular formula is C12H15N3O3. The van der Waals surface area contributed by atoms with Crippen LogP contribution in [0.1, 0.15) is 28.4 Å². The second-order valence-corrected chi connectivity index (χ2v) is 4.06. The monoisotopic (exact) mass is 249 g/mol. The first-order chi connectivity index (χ1) is 8.63. The molecule has 2 N–H and O–H groups in total. The fourth-order valence-corrected chi connectivity index (χ4v) is 2.08. The van der Waals surface area contributed by atoms with E-state index in [0.717, 1.165) is 11.1 Å². The zero-order valence-corrected chi connectivity index (χ0v) is 10.2. The van der Waals surface area contributed by atoms with E-state index in [1.165, 1.54) is 6.20 Å². The first-order valence-corrected chi connectivity index (χ1v) is 5.80. The van der Waals surface area contributed by atoms with Crippen LogP contribution in [0.3, 0.4) is 0 Å². The van der Waals surface area contributed by atoms with Gasteiger partial charge in [0.2, 0.25) is 0 Å². The van der Waals surface area contributed by atoms with E-state index in [2.05, 4.69) is 4.98 Å². The van der Waals surface area contributed by atoms with Gasteiger partial charge in [-0.1, -0.05) is 0 Å². The zero-order valence-electron chi connectivity index (χ0n) is 10.2. The van der Waals surface area contributed by atoms with Crippen molar-refractivity contribution < 1.29 is 14.3 Å². The van der Waals surface area contributed by atoms with Crippen molar-refractivity contribution in [2.75, 3.05) is 13.2 Å². The van der Waals surface area contributed by atoms with Gasteiger partial charge in [-0.15, -0.1) is 0 Å². The number of hydrogen-bond acceptors (Lipinski definition) is 4. The number of fused-ring (bicyclic) bond motifs is 1. The third kappa shape index (κ3) is 2.27. The summed E-state index contributed by atoms with van der Waals surface area (Å²) < 4.78 is 4.95. The van der Waals surface area contributed by atoms with E-state index in [1.54, 1.807) is 18.0 Å². The number of pyridine rings is 1. The Balaban J connectivity index is 2.23. The standard InChI is InChI=1S/C12H15N3O3/c1-2-18-12(17)15-4-3-9-8(7-15)5-14-6-10(9)11(13)16/h5-6H,2-4,7H2,1H3,(H2,13,16). The molecule has 0 fully saturated rings. The number of amides is 2. The SMILES string of the molecule is CCOC(=O)N1CCc2c(cncc2C(N)=O)C1. The van der Waals surface area contributed by atoms with E-state index >= 15 is 0 Å². The largest absolute Gasteiger partial charge is 0.450 e. The average Bonchev–Trinajstić information content (AvgIpc) is 2.37. The lowest BCUT2D eigenvalue weighted by Crippen LogP contribution is -2.37. The summed E-state index contributed by atoms with van der Waals surface area (Å²) in [6.07, 6.45) is 3.39. The Kier molecular flexibility index (Phi) is 3.45. The molecule has 2 heterocycles. The number of nitrogens with two attached hydrogens (primary N) is 1. The Hall–Kier alpha value is -2.11. The summed E-state index contributed by atoms with van der Waals surface area (Å²) in [5.74, 6) is -0.482. The highest BCUT2D eigenvalue weighted by Crippen LogP contribution is 2.21. The second-order valence-electron chi connectivity index (χ2n) is 4.06. The van der Waals surface area contributed by atoms with Crippen molar-refractivity contribution in [3.63, 3.8) is 0 Å². The van der Waals surface area contributed by atoms with Gasteiger partial charge >= 0.3 is 6.09 Å². The van der Waals surface area contributed by atoms with Crippen LogP contribution in [0.15, 0.2) is 12.4 Å². The molecule has 2 amide bonds. The number of hydrogen-bond donors (Lipinski definition) is 1. The van der Waals surface area contributed by atoms with Crippen molar-refractivity contribution in [1.29, 1.82) is 0 Å². The topological polar surface area (TPSA) is 85.5 Å². The molecule has 0 spiro atoms. The highest BCUT2D eigenvalue weighted by Gasteiger charge is 2.24. The molecule has 0 unspecified atom stereocenters. The highest BCUT2D eigenvalue weighted by atomic mass is 16.6. The van der Waals surface area contributed by atoms with Gasteiger partial charge in [-0.25, -0.2) is 4.79 Å². The molecule has 6 nitrogen and oxygen atoms in total. The summed E-state index contributed by atoms with van der Waals surface area (Å²) in [5.41, 5.74) is 7.48. The van der Waals surface area contributed by atoms with Gasteiger partial charge in [-0.2, -0.15) is 0 Å². The molecule has 1 aliphatic heterocycles. The van der Waals surface area contributed by atoms with E-state index in [-0.39, 0.29) is 6.09 Å². The number of ether oxygens (including phenoxy) is 1. The minimum Gasteiger partial charge on any atom is -0.450 e. The lowest BCUT2D eigenvalue weighted by atomic mass is 9.97. The van der Waals surface area contributed by atoms with Gasteiger partial charge in [0.1, 0.15) is 0 Å². The van der Waals surface area contributed by atoms with Crippen LogP contribution in [0.25, 0.3) is 0 Å². The molecule has 18 heavy (non-hydrogen) atoms. The third-order valence-corrected chi connectivity index (χ3v) is 2.93. The summed E-state index contributed by atoms with van der Waals surface area (Å²) in [7, 11) is 0. The Morgan fingerprint density at radius 2 is 2.28 bits per heavy atom. The van der Waals surface area contributed by atoms with E-state index in [1.807, 2.05) is 0 Å². The Morgan fingerprint density at radius 3 is 2.94 bits per heavy atom. The summed E-state index contributed by atoms with van der Waals surface area (Å²) >= 11 is 0. The molecule has 0 saturated carbocycles. The van der Waals surface area contributed by atoms with Crippen LogP contribution >= 0.6 is 0 Å². The molecule has 0 radical (unpaired) electrons. The summed E-state index contributed by atoms with van der Waals surface area (Å²) in [5, 5.41) is 0. The Bertz CT molecular complexity index is 487. The van der Waals surface area contributed by atoms with Crippen LogP contribution in [0.5, 0.6) is 0 Å². The maximum absolute atomic E-state index is 11.6. The average molecular weight is 249 g/mol. The summed E-state index contributed by atoms with van der Waals surface area (Å²) in [4.78, 5) is 28.5. The number of rotatable bonds is 2. The Morgan fingerprint density at radius 1 is 1.50 bits per heavy atom. The molecule has 96 valence electrons. The minimum absolute atomic E-state index is 0.340. The van der Waals surface area contributed by atoms with Crippen molar-refractivity contribution >= 4 is 12.0 Å². The second kappa shape index (κ2) is 5.03. The zero-order chi connectivity index (χ0) is 13.1. The van der Waals surface area contributed by atoms with E-state index in [0.29, 0.717) is 31.7 Å². The van der Waals surface area contributed by atoms with Crippen LogP contribution < -0.4 is 5.73 Å². The van der Waals surface area contributed by atoms with Crippen molar-refractivity contribution in [1.82, 2.24) is 9.88 Å². The fraction of sp³-hybridized carbons (Fsp3) is 0.417. The van der Waals surface area contributed by atoms with Gasteiger partial charge in [0.15, 0.2) is 0 Å². The van der Waals surface area contributed by atoms with Crippen LogP contribution in [0.2, 0.25) is 0 Å². The van der Waals surface area contributed by atoms with Crippen molar-refractivity contribution in [2.24, 2.45) is 5.73 Å². The smallest absolute Gasteiger partial charge is 0.410 e. The highest BCUT2D eigenvalue weighted by molar-refractivity contribution is 5.94. The molecule has 0 aromatic carbocycles. The van der Waals surface area contributed by atoms with Crippen LogP contribution in [0, 0.1) is 0 Å². The molecule has 0 atom stereocenters. The maximum atomic E-state index is 11.6. The fourth-order valence-electron chi connectivity index (χ4n) is 2.08. The normalized spacial score (nSPS) is 13.9. The lowest BCUT2D eigenvalue weighted by Gasteiger charge is -2.28. The first kappa shape index (κ1) is 12.3. The molecular weight excluding hydrogens is 234 g/mol. The third-order valence-electron chi connectivity index (χ3n) is 2.93. The minimum atomic E-state index is -0.482. The van der Waals surface area contributed by atoms with Gasteiger partial charge < -0.3 is 15.4 Å². The molecule has 0 aliphatic carbocycles. The van der Waals surface area contributed by atoms with E-state index < -0.39 is 5.91 Å². The van der Waals surface area contributed by atoms with E-state index in [9.17, 15) is 9.59 Å². The number of nitrogens with zero attached hydrogens (tertiary/aromatic N) is 2. The first-order valence-electron chi connectivity index (χ1n) is 5.80. The molecule has 1 aromatic heterocycles. The molecule has 1 aliphatic rings. The lowest BCUT2D eigenvalue weighted by molar-refractivity contribution is 0.0994. The van der Waals surface area contributed by atoms with Gasteiger partial charge in [-0.05, 0) is 24.5 Å². The molecule has 1 aromatic rings. The number of carbonyl (C=O) groups excluding carboxylic acids is 2. The quantitative estimate of drug-likeness (QED) is 0.835. The molecule has 2 rings (SSSR count). The van der Waals surface area contributed by atoms with Crippen molar-refractivity contribution in [3.8, 4) is 0 Å². The van der Waals surface area contributed by atoms with Gasteiger partial charge in [0, 0.05) is 18.9 Å².